The lowest BCUT2D eigenvalue weighted by molar-refractivity contribution is -0.118. The Hall–Kier alpha value is -0.370. The molecule has 1 fully saturated rings. The maximum atomic E-state index is 11.1. The van der Waals surface area contributed by atoms with E-state index in [4.69, 9.17) is 5.73 Å². The van der Waals surface area contributed by atoms with Crippen molar-refractivity contribution in [3.63, 3.8) is 0 Å². The van der Waals surface area contributed by atoms with E-state index in [1.54, 1.807) is 6.92 Å². The van der Waals surface area contributed by atoms with Crippen LogP contribution in [0, 0.1) is 11.3 Å². The Morgan fingerprint density at radius 3 is 2.40 bits per heavy atom. The Morgan fingerprint density at radius 1 is 1.40 bits per heavy atom. The molecule has 88 valence electrons. The molecule has 0 unspecified atom stereocenters. The highest BCUT2D eigenvalue weighted by molar-refractivity contribution is 5.81. The summed E-state index contributed by atoms with van der Waals surface area (Å²) in [5.74, 6) is 0.994. The zero-order chi connectivity index (χ0) is 11.5. The molecular weight excluding hydrogens is 186 g/mol. The minimum Gasteiger partial charge on any atom is -0.322 e. The summed E-state index contributed by atoms with van der Waals surface area (Å²) in [4.78, 5) is 11.1. The van der Waals surface area contributed by atoms with Crippen molar-refractivity contribution >= 4 is 5.78 Å². The van der Waals surface area contributed by atoms with E-state index in [9.17, 15) is 4.79 Å². The lowest BCUT2D eigenvalue weighted by atomic mass is 9.77. The number of Topliss-reactive ketones (excluding diaryl/α,β-unsaturated/α-hetero) is 1. The Morgan fingerprint density at radius 2 is 1.93 bits per heavy atom. The molecular formula is C13H25NO. The van der Waals surface area contributed by atoms with Crippen molar-refractivity contribution in [1.82, 2.24) is 0 Å². The van der Waals surface area contributed by atoms with Gasteiger partial charge in [-0.15, -0.1) is 0 Å². The fraction of sp³-hybridized carbons (Fsp3) is 0.923. The third-order valence-electron chi connectivity index (χ3n) is 3.61. The molecule has 1 aliphatic carbocycles. The molecule has 15 heavy (non-hydrogen) atoms. The van der Waals surface area contributed by atoms with Crippen molar-refractivity contribution in [2.45, 2.75) is 65.3 Å². The van der Waals surface area contributed by atoms with Gasteiger partial charge in [-0.25, -0.2) is 0 Å². The molecule has 0 bridgehead atoms. The third kappa shape index (κ3) is 4.33. The van der Waals surface area contributed by atoms with Gasteiger partial charge in [0, 0.05) is 0 Å². The van der Waals surface area contributed by atoms with Gasteiger partial charge in [0.15, 0.2) is 0 Å². The second-order valence-corrected chi connectivity index (χ2v) is 5.94. The molecule has 0 spiro atoms. The van der Waals surface area contributed by atoms with Crippen LogP contribution in [0.25, 0.3) is 0 Å². The molecule has 1 atom stereocenters. The average molecular weight is 211 g/mol. The minimum absolute atomic E-state index is 0.120. The Labute approximate surface area is 93.6 Å². The van der Waals surface area contributed by atoms with Crippen LogP contribution in [-0.4, -0.2) is 11.8 Å². The number of rotatable bonds is 5. The van der Waals surface area contributed by atoms with Gasteiger partial charge in [0.2, 0.25) is 0 Å². The molecule has 1 saturated carbocycles. The zero-order valence-electron chi connectivity index (χ0n) is 10.4. The van der Waals surface area contributed by atoms with Crippen LogP contribution in [0.5, 0.6) is 0 Å². The van der Waals surface area contributed by atoms with Gasteiger partial charge < -0.3 is 5.73 Å². The maximum absolute atomic E-state index is 11.1. The van der Waals surface area contributed by atoms with Crippen molar-refractivity contribution in [2.75, 3.05) is 0 Å². The number of hydrogen-bond acceptors (Lipinski definition) is 2. The summed E-state index contributed by atoms with van der Waals surface area (Å²) >= 11 is 0. The van der Waals surface area contributed by atoms with Crippen molar-refractivity contribution < 1.29 is 4.79 Å². The first-order valence-corrected chi connectivity index (χ1v) is 6.17. The largest absolute Gasteiger partial charge is 0.322 e. The van der Waals surface area contributed by atoms with E-state index >= 15 is 0 Å². The molecule has 2 heteroatoms. The van der Waals surface area contributed by atoms with Crippen LogP contribution in [0.2, 0.25) is 0 Å². The number of carbonyl (C=O) groups excluding carboxylic acids is 1. The van der Waals surface area contributed by atoms with Gasteiger partial charge in [-0.05, 0) is 31.1 Å². The summed E-state index contributed by atoms with van der Waals surface area (Å²) in [6, 6.07) is -0.263. The highest BCUT2D eigenvalue weighted by Crippen LogP contribution is 2.37. The molecule has 0 amide bonds. The van der Waals surface area contributed by atoms with Gasteiger partial charge >= 0.3 is 0 Å². The van der Waals surface area contributed by atoms with Gasteiger partial charge in [-0.1, -0.05) is 39.5 Å². The minimum atomic E-state index is -0.263. The molecule has 1 aliphatic rings. The fourth-order valence-electron chi connectivity index (χ4n) is 2.82. The van der Waals surface area contributed by atoms with Crippen LogP contribution in [0.3, 0.4) is 0 Å². The van der Waals surface area contributed by atoms with E-state index in [1.807, 2.05) is 0 Å². The SMILES string of the molecule is CC(=O)[C@@H](N)CC(C)(C)CC1CCCC1. The van der Waals surface area contributed by atoms with E-state index < -0.39 is 0 Å². The van der Waals surface area contributed by atoms with Gasteiger partial charge in [-0.3, -0.25) is 4.79 Å². The molecule has 0 aromatic rings. The predicted molar refractivity (Wildman–Crippen MR) is 63.6 cm³/mol. The second kappa shape index (κ2) is 5.11. The maximum Gasteiger partial charge on any atom is 0.146 e. The highest BCUT2D eigenvalue weighted by atomic mass is 16.1. The summed E-state index contributed by atoms with van der Waals surface area (Å²) < 4.78 is 0. The summed E-state index contributed by atoms with van der Waals surface area (Å²) in [6.07, 6.45) is 7.59. The lowest BCUT2D eigenvalue weighted by Crippen LogP contribution is -2.34. The van der Waals surface area contributed by atoms with Gasteiger partial charge in [0.1, 0.15) is 5.78 Å². The van der Waals surface area contributed by atoms with Gasteiger partial charge in [0.05, 0.1) is 6.04 Å². The number of carbonyl (C=O) groups is 1. The summed E-state index contributed by atoms with van der Waals surface area (Å²) in [7, 11) is 0. The molecule has 0 heterocycles. The van der Waals surface area contributed by atoms with Crippen LogP contribution in [0.4, 0.5) is 0 Å². The molecule has 0 aliphatic heterocycles. The van der Waals surface area contributed by atoms with E-state index in [-0.39, 0.29) is 17.2 Å². The molecule has 0 saturated heterocycles. The highest BCUT2D eigenvalue weighted by Gasteiger charge is 2.28. The third-order valence-corrected chi connectivity index (χ3v) is 3.61. The molecule has 0 aromatic carbocycles. The zero-order valence-corrected chi connectivity index (χ0v) is 10.4. The van der Waals surface area contributed by atoms with Crippen molar-refractivity contribution in [1.29, 1.82) is 0 Å². The van der Waals surface area contributed by atoms with Crippen LogP contribution < -0.4 is 5.73 Å². The molecule has 0 radical (unpaired) electrons. The standard InChI is InChI=1S/C13H25NO/c1-10(15)12(14)9-13(2,3)8-11-6-4-5-7-11/h11-12H,4-9,14H2,1-3H3/t12-/m0/s1. The molecule has 2 nitrogen and oxygen atoms in total. The topological polar surface area (TPSA) is 43.1 Å². The summed E-state index contributed by atoms with van der Waals surface area (Å²) in [5.41, 5.74) is 6.05. The van der Waals surface area contributed by atoms with Crippen LogP contribution in [0.1, 0.15) is 59.3 Å². The first kappa shape index (κ1) is 12.7. The van der Waals surface area contributed by atoms with E-state index in [1.165, 1.54) is 32.1 Å². The summed E-state index contributed by atoms with van der Waals surface area (Å²) in [6.45, 7) is 6.08. The van der Waals surface area contributed by atoms with E-state index in [2.05, 4.69) is 13.8 Å². The van der Waals surface area contributed by atoms with Crippen LogP contribution >= 0.6 is 0 Å². The van der Waals surface area contributed by atoms with Gasteiger partial charge in [0.25, 0.3) is 0 Å². The Bertz CT molecular complexity index is 217. The lowest BCUT2D eigenvalue weighted by Gasteiger charge is -2.29. The molecule has 1 rings (SSSR count). The normalized spacial score (nSPS) is 20.5. The fourth-order valence-corrected chi connectivity index (χ4v) is 2.82. The number of hydrogen-bond donors (Lipinski definition) is 1. The van der Waals surface area contributed by atoms with E-state index in [0.29, 0.717) is 0 Å². The van der Waals surface area contributed by atoms with Crippen molar-refractivity contribution in [2.24, 2.45) is 17.1 Å². The predicted octanol–water partition coefficient (Wildman–Crippen LogP) is 2.90. The first-order chi connectivity index (χ1) is 6.91. The smallest absolute Gasteiger partial charge is 0.146 e. The van der Waals surface area contributed by atoms with Gasteiger partial charge in [-0.2, -0.15) is 0 Å². The Balaban J connectivity index is 2.39. The molecule has 0 aromatic heterocycles. The number of nitrogens with two attached hydrogens (primary N) is 1. The quantitative estimate of drug-likeness (QED) is 0.760. The van der Waals surface area contributed by atoms with Crippen LogP contribution in [0.15, 0.2) is 0 Å². The van der Waals surface area contributed by atoms with E-state index in [0.717, 1.165) is 12.3 Å². The Kier molecular flexibility index (Phi) is 4.32. The van der Waals surface area contributed by atoms with Crippen LogP contribution in [-0.2, 0) is 4.79 Å². The average Bonchev–Trinajstić information content (AvgIpc) is 2.54. The second-order valence-electron chi connectivity index (χ2n) is 5.94. The number of ketones is 1. The van der Waals surface area contributed by atoms with Crippen molar-refractivity contribution in [3.8, 4) is 0 Å². The summed E-state index contributed by atoms with van der Waals surface area (Å²) in [5, 5.41) is 0. The monoisotopic (exact) mass is 211 g/mol. The molecule has 2 N–H and O–H groups in total. The first-order valence-electron chi connectivity index (χ1n) is 6.17. The van der Waals surface area contributed by atoms with Crippen molar-refractivity contribution in [3.05, 3.63) is 0 Å².